The number of hydrogen-bond acceptors (Lipinski definition) is 4. The maximum absolute atomic E-state index is 12.2. The van der Waals surface area contributed by atoms with Crippen LogP contribution < -0.4 is 5.32 Å². The van der Waals surface area contributed by atoms with Gasteiger partial charge in [0.2, 0.25) is 0 Å². The maximum Gasteiger partial charge on any atom is 0.338 e. The SMILES string of the molecule is CCOC(=O)c1ccc(NC(=O)/C(C#N)=C/c2cccc(Br)c2)cc1. The zero-order valence-corrected chi connectivity index (χ0v) is 15.0. The number of halogens is 1. The van der Waals surface area contributed by atoms with Crippen LogP contribution in [-0.4, -0.2) is 18.5 Å². The molecule has 0 aromatic heterocycles. The van der Waals surface area contributed by atoms with Crippen molar-refractivity contribution in [1.29, 1.82) is 5.26 Å². The molecule has 0 fully saturated rings. The van der Waals surface area contributed by atoms with Gasteiger partial charge in [0, 0.05) is 10.2 Å². The number of anilines is 1. The Hall–Kier alpha value is -2.91. The van der Waals surface area contributed by atoms with Gasteiger partial charge in [-0.3, -0.25) is 4.79 Å². The fourth-order valence-corrected chi connectivity index (χ4v) is 2.43. The number of nitrogens with zero attached hydrogens (tertiary/aromatic N) is 1. The lowest BCUT2D eigenvalue weighted by molar-refractivity contribution is -0.112. The molecule has 0 radical (unpaired) electrons. The van der Waals surface area contributed by atoms with Gasteiger partial charge in [-0.05, 0) is 55.0 Å². The fourth-order valence-electron chi connectivity index (χ4n) is 2.01. The van der Waals surface area contributed by atoms with Crippen molar-refractivity contribution in [3.63, 3.8) is 0 Å². The summed E-state index contributed by atoms with van der Waals surface area (Å²) >= 11 is 3.34. The number of benzene rings is 2. The first-order valence-corrected chi connectivity index (χ1v) is 8.28. The fraction of sp³-hybridized carbons (Fsp3) is 0.105. The molecule has 0 unspecified atom stereocenters. The van der Waals surface area contributed by atoms with Crippen LogP contribution in [0.4, 0.5) is 5.69 Å². The monoisotopic (exact) mass is 398 g/mol. The van der Waals surface area contributed by atoms with E-state index in [0.29, 0.717) is 17.9 Å². The summed E-state index contributed by atoms with van der Waals surface area (Å²) in [6.07, 6.45) is 1.51. The van der Waals surface area contributed by atoms with Crippen molar-refractivity contribution in [2.24, 2.45) is 0 Å². The summed E-state index contributed by atoms with van der Waals surface area (Å²) in [7, 11) is 0. The standard InChI is InChI=1S/C19H15BrN2O3/c1-2-25-19(24)14-6-8-17(9-7-14)22-18(23)15(12-21)10-13-4-3-5-16(20)11-13/h3-11H,2H2,1H3,(H,22,23)/b15-10+. The molecule has 0 aliphatic heterocycles. The van der Waals surface area contributed by atoms with Gasteiger partial charge in [-0.25, -0.2) is 4.79 Å². The normalized spacial score (nSPS) is 10.7. The van der Waals surface area contributed by atoms with Crippen LogP contribution in [0.1, 0.15) is 22.8 Å². The van der Waals surface area contributed by atoms with Crippen LogP contribution in [-0.2, 0) is 9.53 Å². The predicted octanol–water partition coefficient (Wildman–Crippen LogP) is 4.17. The first-order valence-electron chi connectivity index (χ1n) is 7.49. The van der Waals surface area contributed by atoms with Crippen LogP contribution in [0.3, 0.4) is 0 Å². The van der Waals surface area contributed by atoms with E-state index in [4.69, 9.17) is 4.74 Å². The van der Waals surface area contributed by atoms with Crippen molar-refractivity contribution in [2.75, 3.05) is 11.9 Å². The van der Waals surface area contributed by atoms with Gasteiger partial charge >= 0.3 is 5.97 Å². The molecule has 2 aromatic carbocycles. The Kier molecular flexibility index (Phi) is 6.49. The molecule has 0 saturated carbocycles. The topological polar surface area (TPSA) is 79.2 Å². The number of amides is 1. The van der Waals surface area contributed by atoms with Crippen LogP contribution in [0.25, 0.3) is 6.08 Å². The summed E-state index contributed by atoms with van der Waals surface area (Å²) in [5.74, 6) is -0.945. The van der Waals surface area contributed by atoms with Gasteiger partial charge in [-0.15, -0.1) is 0 Å². The number of nitriles is 1. The zero-order chi connectivity index (χ0) is 18.2. The number of carbonyl (C=O) groups excluding carboxylic acids is 2. The molecule has 6 heteroatoms. The largest absolute Gasteiger partial charge is 0.462 e. The summed E-state index contributed by atoms with van der Waals surface area (Å²) in [5.41, 5.74) is 1.59. The van der Waals surface area contributed by atoms with E-state index in [-0.39, 0.29) is 5.57 Å². The lowest BCUT2D eigenvalue weighted by Gasteiger charge is -2.06. The van der Waals surface area contributed by atoms with Crippen molar-refractivity contribution >= 4 is 39.6 Å². The third-order valence-corrected chi connectivity index (χ3v) is 3.67. The van der Waals surface area contributed by atoms with Crippen LogP contribution >= 0.6 is 15.9 Å². The third kappa shape index (κ3) is 5.30. The molecule has 5 nitrogen and oxygen atoms in total. The Labute approximate surface area is 154 Å². The highest BCUT2D eigenvalue weighted by atomic mass is 79.9. The molecule has 0 aliphatic rings. The number of hydrogen-bond donors (Lipinski definition) is 1. The minimum absolute atomic E-state index is 0.0208. The van der Waals surface area contributed by atoms with Crippen molar-refractivity contribution in [2.45, 2.75) is 6.92 Å². The van der Waals surface area contributed by atoms with Gasteiger partial charge in [0.25, 0.3) is 5.91 Å². The average molecular weight is 399 g/mol. The summed E-state index contributed by atoms with van der Waals surface area (Å²) in [6, 6.07) is 15.4. The molecular weight excluding hydrogens is 384 g/mol. The van der Waals surface area contributed by atoms with Crippen molar-refractivity contribution in [3.05, 3.63) is 69.7 Å². The maximum atomic E-state index is 12.2. The van der Waals surface area contributed by atoms with Crippen LogP contribution in [0, 0.1) is 11.3 Å². The number of carbonyl (C=O) groups is 2. The Bertz CT molecular complexity index is 852. The molecule has 25 heavy (non-hydrogen) atoms. The summed E-state index contributed by atoms with van der Waals surface area (Å²) in [6.45, 7) is 2.02. The third-order valence-electron chi connectivity index (χ3n) is 3.18. The van der Waals surface area contributed by atoms with E-state index in [1.807, 2.05) is 18.2 Å². The summed E-state index contributed by atoms with van der Waals surface area (Å²) < 4.78 is 5.75. The molecular formula is C19H15BrN2O3. The van der Waals surface area contributed by atoms with Crippen LogP contribution in [0.15, 0.2) is 58.6 Å². The minimum Gasteiger partial charge on any atom is -0.462 e. The zero-order valence-electron chi connectivity index (χ0n) is 13.5. The second-order valence-electron chi connectivity index (χ2n) is 4.98. The highest BCUT2D eigenvalue weighted by molar-refractivity contribution is 9.10. The highest BCUT2D eigenvalue weighted by Crippen LogP contribution is 2.16. The van der Waals surface area contributed by atoms with E-state index in [9.17, 15) is 14.9 Å². The second-order valence-corrected chi connectivity index (χ2v) is 5.89. The molecule has 2 rings (SSSR count). The van der Waals surface area contributed by atoms with Crippen LogP contribution in [0.5, 0.6) is 0 Å². The Morgan fingerprint density at radius 1 is 1.24 bits per heavy atom. The molecule has 1 N–H and O–H groups in total. The average Bonchev–Trinajstić information content (AvgIpc) is 2.60. The Balaban J connectivity index is 2.12. The van der Waals surface area contributed by atoms with E-state index in [0.717, 1.165) is 10.0 Å². The summed E-state index contributed by atoms with van der Waals surface area (Å²) in [4.78, 5) is 23.8. The predicted molar refractivity (Wildman–Crippen MR) is 98.8 cm³/mol. The van der Waals surface area contributed by atoms with E-state index >= 15 is 0 Å². The Morgan fingerprint density at radius 3 is 2.56 bits per heavy atom. The smallest absolute Gasteiger partial charge is 0.338 e. The molecule has 0 spiro atoms. The van der Waals surface area contributed by atoms with Crippen LogP contribution in [0.2, 0.25) is 0 Å². The van der Waals surface area contributed by atoms with Gasteiger partial charge in [0.15, 0.2) is 0 Å². The van der Waals surface area contributed by atoms with E-state index in [1.165, 1.54) is 6.08 Å². The molecule has 0 aliphatic carbocycles. The lowest BCUT2D eigenvalue weighted by atomic mass is 10.1. The number of rotatable bonds is 5. The van der Waals surface area contributed by atoms with E-state index < -0.39 is 11.9 Å². The molecule has 2 aromatic rings. The second kappa shape index (κ2) is 8.81. The van der Waals surface area contributed by atoms with Gasteiger partial charge in [0.05, 0.1) is 12.2 Å². The van der Waals surface area contributed by atoms with Gasteiger partial charge in [0.1, 0.15) is 11.6 Å². The summed E-state index contributed by atoms with van der Waals surface area (Å²) in [5, 5.41) is 11.9. The minimum atomic E-state index is -0.522. The van der Waals surface area contributed by atoms with Gasteiger partial charge in [-0.2, -0.15) is 5.26 Å². The van der Waals surface area contributed by atoms with Gasteiger partial charge in [-0.1, -0.05) is 28.1 Å². The molecule has 0 saturated heterocycles. The number of esters is 1. The molecule has 126 valence electrons. The molecule has 1 amide bonds. The first-order chi connectivity index (χ1) is 12.0. The number of nitrogens with one attached hydrogen (secondary N) is 1. The lowest BCUT2D eigenvalue weighted by Crippen LogP contribution is -2.13. The van der Waals surface area contributed by atoms with Crippen molar-refractivity contribution in [1.82, 2.24) is 0 Å². The van der Waals surface area contributed by atoms with E-state index in [1.54, 1.807) is 43.3 Å². The molecule has 0 heterocycles. The Morgan fingerprint density at radius 2 is 1.96 bits per heavy atom. The van der Waals surface area contributed by atoms with Gasteiger partial charge < -0.3 is 10.1 Å². The quantitative estimate of drug-likeness (QED) is 0.465. The molecule has 0 bridgehead atoms. The first kappa shape index (κ1) is 18.4. The van der Waals surface area contributed by atoms with Crippen molar-refractivity contribution < 1.29 is 14.3 Å². The van der Waals surface area contributed by atoms with E-state index in [2.05, 4.69) is 21.2 Å². The number of ether oxygens (including phenoxy) is 1. The molecule has 0 atom stereocenters. The van der Waals surface area contributed by atoms with Crippen molar-refractivity contribution in [3.8, 4) is 6.07 Å². The highest BCUT2D eigenvalue weighted by Gasteiger charge is 2.11.